The second-order valence-corrected chi connectivity index (χ2v) is 8.34. The van der Waals surface area contributed by atoms with E-state index in [1.165, 1.54) is 7.11 Å². The number of nitrogens with one attached hydrogen (secondary N) is 1. The van der Waals surface area contributed by atoms with Gasteiger partial charge in [0.1, 0.15) is 12.6 Å². The van der Waals surface area contributed by atoms with E-state index in [4.69, 9.17) is 15.9 Å². The summed E-state index contributed by atoms with van der Waals surface area (Å²) in [7, 11) is 1.53. The third-order valence-corrected chi connectivity index (χ3v) is 6.02. The number of benzene rings is 3. The van der Waals surface area contributed by atoms with Gasteiger partial charge >= 0.3 is 6.03 Å². The average molecular weight is 478 g/mol. The van der Waals surface area contributed by atoms with E-state index in [1.807, 2.05) is 60.7 Å². The fourth-order valence-corrected chi connectivity index (χ4v) is 4.14. The standard InChI is InChI=1S/C29H23N3O4/c1-3-19-8-10-20(11-9-19)16-25-28(33)32(29(34)31-25)23-14-15-26(35-2)27(17-23)36-18-22-13-12-21-6-4-5-7-24(21)30-22/h1,4-15,17,25H,16,18H2,2H3,(H,31,34)/t25-/m0/s1. The Balaban J connectivity index is 1.34. The number of hydrogen-bond acceptors (Lipinski definition) is 5. The van der Waals surface area contributed by atoms with Crippen LogP contribution in [0.1, 0.15) is 16.8 Å². The number of carbonyl (C=O) groups excluding carboxylic acids is 2. The molecule has 1 aliphatic heterocycles. The number of carbonyl (C=O) groups is 2. The highest BCUT2D eigenvalue weighted by Gasteiger charge is 2.39. The molecular formula is C29H23N3O4. The lowest BCUT2D eigenvalue weighted by Crippen LogP contribution is -2.32. The highest BCUT2D eigenvalue weighted by Crippen LogP contribution is 2.34. The summed E-state index contributed by atoms with van der Waals surface area (Å²) in [4.78, 5) is 31.6. The number of imide groups is 1. The van der Waals surface area contributed by atoms with Crippen molar-refractivity contribution in [3.63, 3.8) is 0 Å². The van der Waals surface area contributed by atoms with Gasteiger partial charge < -0.3 is 14.8 Å². The Morgan fingerprint density at radius 3 is 2.58 bits per heavy atom. The Morgan fingerprint density at radius 1 is 1.00 bits per heavy atom. The normalized spacial score (nSPS) is 15.0. The lowest BCUT2D eigenvalue weighted by molar-refractivity contribution is -0.118. The average Bonchev–Trinajstić information content (AvgIpc) is 3.19. The first-order valence-electron chi connectivity index (χ1n) is 11.4. The van der Waals surface area contributed by atoms with Crippen LogP contribution in [0.25, 0.3) is 10.9 Å². The van der Waals surface area contributed by atoms with Gasteiger partial charge in [0.15, 0.2) is 11.5 Å². The zero-order valence-electron chi connectivity index (χ0n) is 19.6. The maximum atomic E-state index is 13.1. The van der Waals surface area contributed by atoms with E-state index >= 15 is 0 Å². The highest BCUT2D eigenvalue weighted by atomic mass is 16.5. The van der Waals surface area contributed by atoms with Crippen LogP contribution in [0.4, 0.5) is 10.5 Å². The van der Waals surface area contributed by atoms with Gasteiger partial charge in [-0.05, 0) is 42.0 Å². The van der Waals surface area contributed by atoms with Crippen LogP contribution >= 0.6 is 0 Å². The van der Waals surface area contributed by atoms with Crippen molar-refractivity contribution in [2.45, 2.75) is 19.1 Å². The predicted octanol–water partition coefficient (Wildman–Crippen LogP) is 4.47. The summed E-state index contributed by atoms with van der Waals surface area (Å²) in [5.41, 5.74) is 3.67. The van der Waals surface area contributed by atoms with Crippen molar-refractivity contribution in [2.24, 2.45) is 0 Å². The third-order valence-electron chi connectivity index (χ3n) is 6.02. The van der Waals surface area contributed by atoms with Crippen LogP contribution in [0, 0.1) is 12.3 Å². The van der Waals surface area contributed by atoms with Crippen LogP contribution in [-0.4, -0.2) is 30.1 Å². The molecule has 0 unspecified atom stereocenters. The first-order chi connectivity index (χ1) is 17.6. The van der Waals surface area contributed by atoms with Crippen molar-refractivity contribution in [3.8, 4) is 23.8 Å². The Bertz CT molecular complexity index is 1490. The minimum Gasteiger partial charge on any atom is -0.493 e. The van der Waals surface area contributed by atoms with E-state index in [9.17, 15) is 9.59 Å². The molecule has 7 nitrogen and oxygen atoms in total. The fourth-order valence-electron chi connectivity index (χ4n) is 4.14. The molecule has 7 heteroatoms. The van der Waals surface area contributed by atoms with Crippen molar-refractivity contribution in [1.29, 1.82) is 0 Å². The van der Waals surface area contributed by atoms with E-state index in [-0.39, 0.29) is 12.5 Å². The molecule has 1 aliphatic rings. The molecule has 1 saturated heterocycles. The molecule has 4 aromatic rings. The van der Waals surface area contributed by atoms with Crippen molar-refractivity contribution >= 4 is 28.5 Å². The number of urea groups is 1. The fraction of sp³-hybridized carbons (Fsp3) is 0.138. The molecule has 0 saturated carbocycles. The Kier molecular flexibility index (Phi) is 6.25. The number of terminal acetylenes is 1. The van der Waals surface area contributed by atoms with Crippen molar-refractivity contribution in [1.82, 2.24) is 10.3 Å². The predicted molar refractivity (Wildman–Crippen MR) is 137 cm³/mol. The monoisotopic (exact) mass is 477 g/mol. The number of fused-ring (bicyclic) bond motifs is 1. The summed E-state index contributed by atoms with van der Waals surface area (Å²) in [6.07, 6.45) is 5.77. The number of ether oxygens (including phenoxy) is 2. The number of nitrogens with zero attached hydrogens (tertiary/aromatic N) is 2. The van der Waals surface area contributed by atoms with Crippen LogP contribution in [0.2, 0.25) is 0 Å². The number of para-hydroxylation sites is 1. The van der Waals surface area contributed by atoms with E-state index < -0.39 is 12.1 Å². The van der Waals surface area contributed by atoms with Gasteiger partial charge in [-0.3, -0.25) is 4.79 Å². The molecule has 2 heterocycles. The van der Waals surface area contributed by atoms with Gasteiger partial charge in [0.25, 0.3) is 5.91 Å². The minimum atomic E-state index is -0.678. The number of methoxy groups -OCH3 is 1. The summed E-state index contributed by atoms with van der Waals surface area (Å²) in [5, 5.41) is 3.81. The van der Waals surface area contributed by atoms with Crippen molar-refractivity contribution < 1.29 is 19.1 Å². The SMILES string of the molecule is C#Cc1ccc(C[C@@H]2NC(=O)N(c3ccc(OC)c(OCc4ccc5ccccc5n4)c3)C2=O)cc1. The van der Waals surface area contributed by atoms with Crippen LogP contribution in [0.15, 0.2) is 78.9 Å². The molecular weight excluding hydrogens is 454 g/mol. The zero-order valence-corrected chi connectivity index (χ0v) is 19.6. The summed E-state index contributed by atoms with van der Waals surface area (Å²) < 4.78 is 11.4. The summed E-state index contributed by atoms with van der Waals surface area (Å²) in [6, 6.07) is 22.9. The van der Waals surface area contributed by atoms with E-state index in [0.717, 1.165) is 32.6 Å². The van der Waals surface area contributed by atoms with Gasteiger partial charge in [-0.1, -0.05) is 42.3 Å². The first kappa shape index (κ1) is 22.9. The molecule has 5 rings (SSSR count). The van der Waals surface area contributed by atoms with Gasteiger partial charge in [0.05, 0.1) is 24.0 Å². The summed E-state index contributed by atoms with van der Waals surface area (Å²) >= 11 is 0. The molecule has 36 heavy (non-hydrogen) atoms. The maximum absolute atomic E-state index is 13.1. The largest absolute Gasteiger partial charge is 0.493 e. The Labute approximate surface area is 208 Å². The van der Waals surface area contributed by atoms with E-state index in [0.29, 0.717) is 23.6 Å². The molecule has 1 fully saturated rings. The van der Waals surface area contributed by atoms with Crippen LogP contribution < -0.4 is 19.7 Å². The number of anilines is 1. The number of rotatable bonds is 7. The molecule has 1 aromatic heterocycles. The maximum Gasteiger partial charge on any atom is 0.329 e. The second kappa shape index (κ2) is 9.80. The topological polar surface area (TPSA) is 80.8 Å². The number of amides is 3. The first-order valence-corrected chi connectivity index (χ1v) is 11.4. The van der Waals surface area contributed by atoms with E-state index in [2.05, 4.69) is 16.2 Å². The lowest BCUT2D eigenvalue weighted by Gasteiger charge is -2.17. The molecule has 178 valence electrons. The smallest absolute Gasteiger partial charge is 0.329 e. The molecule has 1 N–H and O–H groups in total. The van der Waals surface area contributed by atoms with Gasteiger partial charge in [0, 0.05) is 23.4 Å². The number of aromatic nitrogens is 1. The zero-order chi connectivity index (χ0) is 25.1. The van der Waals surface area contributed by atoms with Gasteiger partial charge in [-0.15, -0.1) is 6.42 Å². The van der Waals surface area contributed by atoms with E-state index in [1.54, 1.807) is 18.2 Å². The Hall–Kier alpha value is -4.83. The van der Waals surface area contributed by atoms with Crippen molar-refractivity contribution in [3.05, 3.63) is 95.7 Å². The Morgan fingerprint density at radius 2 is 1.81 bits per heavy atom. The van der Waals surface area contributed by atoms with Crippen LogP contribution in [0.3, 0.4) is 0 Å². The van der Waals surface area contributed by atoms with Crippen LogP contribution in [0.5, 0.6) is 11.5 Å². The minimum absolute atomic E-state index is 0.196. The summed E-state index contributed by atoms with van der Waals surface area (Å²) in [5.74, 6) is 3.11. The molecule has 3 aromatic carbocycles. The van der Waals surface area contributed by atoms with Crippen molar-refractivity contribution in [2.75, 3.05) is 12.0 Å². The summed E-state index contributed by atoms with van der Waals surface area (Å²) in [6.45, 7) is 0.196. The van der Waals surface area contributed by atoms with Gasteiger partial charge in [0.2, 0.25) is 0 Å². The van der Waals surface area contributed by atoms with Crippen LogP contribution in [-0.2, 0) is 17.8 Å². The second-order valence-electron chi connectivity index (χ2n) is 8.34. The molecule has 0 radical (unpaired) electrons. The molecule has 0 spiro atoms. The van der Waals surface area contributed by atoms with Gasteiger partial charge in [-0.25, -0.2) is 14.7 Å². The van der Waals surface area contributed by atoms with Gasteiger partial charge in [-0.2, -0.15) is 0 Å². The molecule has 3 amide bonds. The molecule has 0 aliphatic carbocycles. The number of pyridine rings is 1. The highest BCUT2D eigenvalue weighted by molar-refractivity contribution is 6.21. The number of hydrogen-bond donors (Lipinski definition) is 1. The third kappa shape index (κ3) is 4.57. The molecule has 1 atom stereocenters. The lowest BCUT2D eigenvalue weighted by atomic mass is 10.0. The molecule has 0 bridgehead atoms. The quantitative estimate of drug-likeness (QED) is 0.314.